The lowest BCUT2D eigenvalue weighted by Gasteiger charge is -2.07. The van der Waals surface area contributed by atoms with E-state index in [4.69, 9.17) is 0 Å². The van der Waals surface area contributed by atoms with E-state index in [0.29, 0.717) is 6.04 Å². The van der Waals surface area contributed by atoms with Crippen molar-refractivity contribution >= 4 is 6.08 Å². The number of nitrogens with one attached hydrogen (secondary N) is 1. The lowest BCUT2D eigenvalue weighted by atomic mass is 10.2. The highest BCUT2D eigenvalue weighted by Crippen LogP contribution is 1.99. The molecule has 2 nitrogen and oxygen atoms in total. The standard InChI is InChI=1S/C12H18N2/c1-3-8-14-11(2)6-7-12-5-4-9-13-10-12/h4-7,9-11,14H,3,8H2,1-2H3/b7-6+. The Labute approximate surface area is 86.1 Å². The van der Waals surface area contributed by atoms with E-state index in [1.165, 1.54) is 6.42 Å². The minimum Gasteiger partial charge on any atom is -0.311 e. The van der Waals surface area contributed by atoms with Gasteiger partial charge in [-0.3, -0.25) is 4.98 Å². The van der Waals surface area contributed by atoms with Crippen LogP contribution in [0, 0.1) is 0 Å². The highest BCUT2D eigenvalue weighted by Gasteiger charge is 1.93. The summed E-state index contributed by atoms with van der Waals surface area (Å²) >= 11 is 0. The molecule has 0 aromatic carbocycles. The molecule has 76 valence electrons. The van der Waals surface area contributed by atoms with E-state index in [2.05, 4.69) is 42.4 Å². The van der Waals surface area contributed by atoms with Gasteiger partial charge in [-0.2, -0.15) is 0 Å². The normalized spacial score (nSPS) is 13.3. The topological polar surface area (TPSA) is 24.9 Å². The van der Waals surface area contributed by atoms with Crippen molar-refractivity contribution in [1.29, 1.82) is 0 Å². The molecule has 1 aromatic heterocycles. The summed E-state index contributed by atoms with van der Waals surface area (Å²) in [5.41, 5.74) is 1.15. The van der Waals surface area contributed by atoms with Gasteiger partial charge in [-0.25, -0.2) is 0 Å². The monoisotopic (exact) mass is 190 g/mol. The summed E-state index contributed by atoms with van der Waals surface area (Å²) in [7, 11) is 0. The molecule has 0 fully saturated rings. The van der Waals surface area contributed by atoms with Crippen molar-refractivity contribution in [3.63, 3.8) is 0 Å². The molecule has 0 bridgehead atoms. The molecule has 0 aliphatic rings. The van der Waals surface area contributed by atoms with Gasteiger partial charge in [0.05, 0.1) is 0 Å². The van der Waals surface area contributed by atoms with Crippen molar-refractivity contribution in [3.8, 4) is 0 Å². The Hall–Kier alpha value is -1.15. The van der Waals surface area contributed by atoms with Crippen LogP contribution in [-0.2, 0) is 0 Å². The first-order valence-electron chi connectivity index (χ1n) is 5.14. The average molecular weight is 190 g/mol. The minimum absolute atomic E-state index is 0.426. The Kier molecular flexibility index (Phi) is 4.94. The van der Waals surface area contributed by atoms with E-state index in [-0.39, 0.29) is 0 Å². The van der Waals surface area contributed by atoms with E-state index in [9.17, 15) is 0 Å². The van der Waals surface area contributed by atoms with Gasteiger partial charge in [-0.15, -0.1) is 0 Å². The van der Waals surface area contributed by atoms with Crippen molar-refractivity contribution in [2.75, 3.05) is 6.54 Å². The van der Waals surface area contributed by atoms with Gasteiger partial charge in [0.1, 0.15) is 0 Å². The van der Waals surface area contributed by atoms with Gasteiger partial charge in [0.15, 0.2) is 0 Å². The van der Waals surface area contributed by atoms with Crippen LogP contribution in [-0.4, -0.2) is 17.6 Å². The third-order valence-electron chi connectivity index (χ3n) is 1.98. The Balaban J connectivity index is 2.39. The van der Waals surface area contributed by atoms with E-state index < -0.39 is 0 Å². The molecule has 1 aromatic rings. The number of rotatable bonds is 5. The van der Waals surface area contributed by atoms with Crippen molar-refractivity contribution in [2.24, 2.45) is 0 Å². The fraction of sp³-hybridized carbons (Fsp3) is 0.417. The van der Waals surface area contributed by atoms with Crippen molar-refractivity contribution < 1.29 is 0 Å². The Morgan fingerprint density at radius 1 is 1.57 bits per heavy atom. The second-order valence-corrected chi connectivity index (χ2v) is 3.39. The fourth-order valence-electron chi connectivity index (χ4n) is 1.17. The fourth-order valence-corrected chi connectivity index (χ4v) is 1.17. The zero-order chi connectivity index (χ0) is 10.2. The van der Waals surface area contributed by atoms with Crippen molar-refractivity contribution in [3.05, 3.63) is 36.2 Å². The lowest BCUT2D eigenvalue weighted by molar-refractivity contribution is 0.625. The molecule has 1 unspecified atom stereocenters. The van der Waals surface area contributed by atoms with Gasteiger partial charge in [0.2, 0.25) is 0 Å². The second-order valence-electron chi connectivity index (χ2n) is 3.39. The summed E-state index contributed by atoms with van der Waals surface area (Å²) in [5, 5.41) is 3.40. The van der Waals surface area contributed by atoms with Crippen LogP contribution in [0.3, 0.4) is 0 Å². The maximum absolute atomic E-state index is 4.05. The van der Waals surface area contributed by atoms with Crippen molar-refractivity contribution in [1.82, 2.24) is 10.3 Å². The smallest absolute Gasteiger partial charge is 0.0340 e. The Morgan fingerprint density at radius 3 is 3.07 bits per heavy atom. The Bertz CT molecular complexity index is 267. The molecule has 0 saturated heterocycles. The predicted octanol–water partition coefficient (Wildman–Crippen LogP) is 2.48. The van der Waals surface area contributed by atoms with Crippen LogP contribution in [0.1, 0.15) is 25.8 Å². The van der Waals surface area contributed by atoms with Crippen LogP contribution >= 0.6 is 0 Å². The van der Waals surface area contributed by atoms with Gasteiger partial charge < -0.3 is 5.32 Å². The van der Waals surface area contributed by atoms with Crippen LogP contribution in [0.25, 0.3) is 6.08 Å². The SMILES string of the molecule is CCCNC(C)/C=C/c1cccnc1. The summed E-state index contributed by atoms with van der Waals surface area (Å²) in [4.78, 5) is 4.05. The number of nitrogens with zero attached hydrogens (tertiary/aromatic N) is 1. The molecule has 1 N–H and O–H groups in total. The van der Waals surface area contributed by atoms with Crippen LogP contribution in [0.15, 0.2) is 30.6 Å². The van der Waals surface area contributed by atoms with Crippen LogP contribution in [0.5, 0.6) is 0 Å². The van der Waals surface area contributed by atoms with Gasteiger partial charge in [0, 0.05) is 18.4 Å². The molecule has 0 aliphatic heterocycles. The minimum atomic E-state index is 0.426. The highest BCUT2D eigenvalue weighted by atomic mass is 14.9. The molecule has 1 atom stereocenters. The maximum atomic E-state index is 4.05. The summed E-state index contributed by atoms with van der Waals surface area (Å²) < 4.78 is 0. The van der Waals surface area contributed by atoms with Crippen molar-refractivity contribution in [2.45, 2.75) is 26.3 Å². The molecule has 0 aliphatic carbocycles. The zero-order valence-corrected chi connectivity index (χ0v) is 8.90. The molecule has 1 heterocycles. The highest BCUT2D eigenvalue weighted by molar-refractivity contribution is 5.47. The summed E-state index contributed by atoms with van der Waals surface area (Å²) in [6.07, 6.45) is 9.08. The van der Waals surface area contributed by atoms with Gasteiger partial charge in [-0.05, 0) is 31.5 Å². The van der Waals surface area contributed by atoms with E-state index in [0.717, 1.165) is 12.1 Å². The quantitative estimate of drug-likeness (QED) is 0.771. The first-order chi connectivity index (χ1) is 6.83. The van der Waals surface area contributed by atoms with Gasteiger partial charge in [0.25, 0.3) is 0 Å². The summed E-state index contributed by atoms with van der Waals surface area (Å²) in [6.45, 7) is 5.39. The van der Waals surface area contributed by atoms with Crippen LogP contribution < -0.4 is 5.32 Å². The third-order valence-corrected chi connectivity index (χ3v) is 1.98. The van der Waals surface area contributed by atoms with E-state index >= 15 is 0 Å². The first kappa shape index (κ1) is 10.9. The number of pyridine rings is 1. The maximum Gasteiger partial charge on any atom is 0.0340 e. The molecular weight excluding hydrogens is 172 g/mol. The first-order valence-corrected chi connectivity index (χ1v) is 5.14. The second kappa shape index (κ2) is 6.33. The summed E-state index contributed by atoms with van der Waals surface area (Å²) in [6, 6.07) is 4.43. The summed E-state index contributed by atoms with van der Waals surface area (Å²) in [5.74, 6) is 0. The predicted molar refractivity (Wildman–Crippen MR) is 61.0 cm³/mol. The van der Waals surface area contributed by atoms with Gasteiger partial charge >= 0.3 is 0 Å². The van der Waals surface area contributed by atoms with Crippen LogP contribution in [0.4, 0.5) is 0 Å². The van der Waals surface area contributed by atoms with E-state index in [1.54, 1.807) is 6.20 Å². The third kappa shape index (κ3) is 4.19. The number of aromatic nitrogens is 1. The molecular formula is C12H18N2. The molecule has 0 amide bonds. The molecule has 1 rings (SSSR count). The molecule has 0 radical (unpaired) electrons. The lowest BCUT2D eigenvalue weighted by Crippen LogP contribution is -2.24. The largest absolute Gasteiger partial charge is 0.311 e. The number of hydrogen-bond acceptors (Lipinski definition) is 2. The van der Waals surface area contributed by atoms with E-state index in [1.807, 2.05) is 12.3 Å². The van der Waals surface area contributed by atoms with Gasteiger partial charge in [-0.1, -0.05) is 25.1 Å². The number of hydrogen-bond donors (Lipinski definition) is 1. The van der Waals surface area contributed by atoms with Crippen LogP contribution in [0.2, 0.25) is 0 Å². The molecule has 0 saturated carbocycles. The molecule has 2 heteroatoms. The molecule has 14 heavy (non-hydrogen) atoms. The molecule has 0 spiro atoms. The average Bonchev–Trinajstić information content (AvgIpc) is 2.25. The zero-order valence-electron chi connectivity index (χ0n) is 8.90. The Morgan fingerprint density at radius 2 is 2.43 bits per heavy atom.